The number of hydrogen-bond acceptors (Lipinski definition) is 5. The molecule has 0 aromatic heterocycles. The summed E-state index contributed by atoms with van der Waals surface area (Å²) in [6.45, 7) is 5.29. The van der Waals surface area contributed by atoms with E-state index < -0.39 is 10.0 Å². The average Bonchev–Trinajstić information content (AvgIpc) is 2.65. The van der Waals surface area contributed by atoms with Crippen LogP contribution in [0.2, 0.25) is 0 Å². The Kier molecular flexibility index (Phi) is 5.29. The summed E-state index contributed by atoms with van der Waals surface area (Å²) in [6.07, 6.45) is 0. The molecular weight excluding hydrogens is 350 g/mol. The van der Waals surface area contributed by atoms with Gasteiger partial charge in [-0.05, 0) is 43.3 Å². The van der Waals surface area contributed by atoms with E-state index in [2.05, 4.69) is 21.5 Å². The van der Waals surface area contributed by atoms with Crippen molar-refractivity contribution in [2.45, 2.75) is 24.8 Å². The first-order chi connectivity index (χ1) is 12.4. The van der Waals surface area contributed by atoms with Crippen LogP contribution in [0.4, 0.5) is 5.69 Å². The second kappa shape index (κ2) is 7.47. The molecule has 1 atom stereocenters. The van der Waals surface area contributed by atoms with Crippen LogP contribution in [0, 0.1) is 0 Å². The maximum atomic E-state index is 12.4. The summed E-state index contributed by atoms with van der Waals surface area (Å²) in [5, 5.41) is 3.15. The Morgan fingerprint density at radius 1 is 1.19 bits per heavy atom. The third kappa shape index (κ3) is 3.73. The van der Waals surface area contributed by atoms with Crippen molar-refractivity contribution in [1.82, 2.24) is 4.90 Å². The summed E-state index contributed by atoms with van der Waals surface area (Å²) in [6, 6.07) is 14.8. The van der Waals surface area contributed by atoms with E-state index in [1.807, 2.05) is 31.2 Å². The van der Waals surface area contributed by atoms with E-state index in [-0.39, 0.29) is 10.9 Å². The number of rotatable bonds is 6. The van der Waals surface area contributed by atoms with Gasteiger partial charge < -0.3 is 10.1 Å². The molecule has 1 aliphatic rings. The van der Waals surface area contributed by atoms with Gasteiger partial charge in [-0.15, -0.1) is 4.40 Å². The van der Waals surface area contributed by atoms with Crippen molar-refractivity contribution in [3.8, 4) is 5.75 Å². The second-order valence-corrected chi connectivity index (χ2v) is 7.72. The number of amidine groups is 1. The van der Waals surface area contributed by atoms with Gasteiger partial charge in [0.05, 0.1) is 19.3 Å². The molecule has 0 bridgehead atoms. The Hall–Kier alpha value is -2.38. The summed E-state index contributed by atoms with van der Waals surface area (Å²) < 4.78 is 34.1. The Bertz CT molecular complexity index is 925. The van der Waals surface area contributed by atoms with Gasteiger partial charge in [-0.2, -0.15) is 8.42 Å². The zero-order valence-corrected chi connectivity index (χ0v) is 16.0. The van der Waals surface area contributed by atoms with Crippen LogP contribution in [-0.4, -0.2) is 39.4 Å². The molecule has 6 nitrogen and oxygen atoms in total. The lowest BCUT2D eigenvalue weighted by molar-refractivity contribution is 0.254. The van der Waals surface area contributed by atoms with E-state index in [1.165, 1.54) is 0 Å². The van der Waals surface area contributed by atoms with Gasteiger partial charge in [-0.3, -0.25) is 4.90 Å². The topological polar surface area (TPSA) is 71.0 Å². The maximum absolute atomic E-state index is 12.4. The molecule has 26 heavy (non-hydrogen) atoms. The molecule has 0 amide bonds. The minimum atomic E-state index is -3.67. The molecule has 0 saturated carbocycles. The normalized spacial score (nSPS) is 16.4. The van der Waals surface area contributed by atoms with Crippen LogP contribution in [0.3, 0.4) is 0 Å². The van der Waals surface area contributed by atoms with Crippen molar-refractivity contribution in [3.05, 3.63) is 54.1 Å². The quantitative estimate of drug-likeness (QED) is 0.841. The number of para-hydroxylation sites is 1. The van der Waals surface area contributed by atoms with E-state index in [1.54, 1.807) is 31.4 Å². The third-order valence-corrected chi connectivity index (χ3v) is 5.93. The lowest BCUT2D eigenvalue weighted by Gasteiger charge is -2.30. The van der Waals surface area contributed by atoms with Crippen molar-refractivity contribution in [3.63, 3.8) is 0 Å². The zero-order valence-electron chi connectivity index (χ0n) is 15.1. The molecular formula is C19H23N3O3S. The van der Waals surface area contributed by atoms with Crippen LogP contribution in [0.15, 0.2) is 57.8 Å². The lowest BCUT2D eigenvalue weighted by atomic mass is 10.1. The Morgan fingerprint density at radius 3 is 2.69 bits per heavy atom. The molecule has 0 aliphatic carbocycles. The zero-order chi connectivity index (χ0) is 18.7. The standard InChI is InChI=1S/C19H23N3O3S/c1-4-22(14(2)15-8-7-9-16(12-15)25-3)13-19-20-17-10-5-6-11-18(17)26(23,24)21-19/h5-12,14H,4,13H2,1-3H3,(H,20,21). The first kappa shape index (κ1) is 18.4. The Balaban J connectivity index is 1.83. The number of nitrogens with one attached hydrogen (secondary N) is 1. The van der Waals surface area contributed by atoms with E-state index in [9.17, 15) is 8.42 Å². The molecule has 0 spiro atoms. The van der Waals surface area contributed by atoms with Crippen molar-refractivity contribution < 1.29 is 13.2 Å². The molecule has 2 aromatic carbocycles. The van der Waals surface area contributed by atoms with Crippen LogP contribution < -0.4 is 10.1 Å². The molecule has 138 valence electrons. The van der Waals surface area contributed by atoms with Crippen molar-refractivity contribution in [2.75, 3.05) is 25.5 Å². The van der Waals surface area contributed by atoms with Gasteiger partial charge in [0.15, 0.2) is 0 Å². The highest BCUT2D eigenvalue weighted by Gasteiger charge is 2.26. The van der Waals surface area contributed by atoms with Crippen LogP contribution in [0.25, 0.3) is 0 Å². The fourth-order valence-corrected chi connectivity index (χ4v) is 4.20. The smallest absolute Gasteiger partial charge is 0.286 e. The molecule has 0 radical (unpaired) electrons. The van der Waals surface area contributed by atoms with Gasteiger partial charge >= 0.3 is 0 Å². The predicted molar refractivity (Wildman–Crippen MR) is 103 cm³/mol. The van der Waals surface area contributed by atoms with Gasteiger partial charge in [0.25, 0.3) is 10.0 Å². The van der Waals surface area contributed by atoms with Crippen molar-refractivity contribution in [2.24, 2.45) is 4.40 Å². The number of ether oxygens (including phenoxy) is 1. The van der Waals surface area contributed by atoms with E-state index in [0.29, 0.717) is 18.1 Å². The number of methoxy groups -OCH3 is 1. The second-order valence-electron chi connectivity index (χ2n) is 6.15. The largest absolute Gasteiger partial charge is 0.497 e. The van der Waals surface area contributed by atoms with Crippen LogP contribution >= 0.6 is 0 Å². The number of sulfonamides is 1. The fraction of sp³-hybridized carbons (Fsp3) is 0.316. The average molecular weight is 373 g/mol. The molecule has 1 N–H and O–H groups in total. The minimum Gasteiger partial charge on any atom is -0.497 e. The van der Waals surface area contributed by atoms with E-state index in [0.717, 1.165) is 17.9 Å². The van der Waals surface area contributed by atoms with Crippen LogP contribution in [-0.2, 0) is 10.0 Å². The SMILES string of the molecule is CCN(CC1=NS(=O)(=O)c2ccccc2N1)C(C)c1cccc(OC)c1. The molecule has 1 unspecified atom stereocenters. The highest BCUT2D eigenvalue weighted by atomic mass is 32.2. The van der Waals surface area contributed by atoms with Gasteiger partial charge in [-0.1, -0.05) is 31.2 Å². The monoisotopic (exact) mass is 373 g/mol. The summed E-state index contributed by atoms with van der Waals surface area (Å²) in [5.74, 6) is 1.23. The van der Waals surface area contributed by atoms with Crippen LogP contribution in [0.1, 0.15) is 25.5 Å². The highest BCUT2D eigenvalue weighted by Crippen LogP contribution is 2.28. The number of anilines is 1. The van der Waals surface area contributed by atoms with Crippen molar-refractivity contribution in [1.29, 1.82) is 0 Å². The molecule has 2 aromatic rings. The molecule has 3 rings (SSSR count). The fourth-order valence-electron chi connectivity index (χ4n) is 3.06. The van der Waals surface area contributed by atoms with E-state index >= 15 is 0 Å². The molecule has 0 fully saturated rings. The summed E-state index contributed by atoms with van der Waals surface area (Å²) in [4.78, 5) is 2.37. The van der Waals surface area contributed by atoms with Crippen LogP contribution in [0.5, 0.6) is 5.75 Å². The van der Waals surface area contributed by atoms with Gasteiger partial charge in [0.2, 0.25) is 0 Å². The maximum Gasteiger partial charge on any atom is 0.286 e. The predicted octanol–water partition coefficient (Wildman–Crippen LogP) is 3.29. The molecule has 0 saturated heterocycles. The highest BCUT2D eigenvalue weighted by molar-refractivity contribution is 7.90. The third-order valence-electron chi connectivity index (χ3n) is 4.56. The summed E-state index contributed by atoms with van der Waals surface area (Å²) in [5.41, 5.74) is 1.67. The van der Waals surface area contributed by atoms with Gasteiger partial charge in [-0.25, -0.2) is 0 Å². The number of nitrogens with zero attached hydrogens (tertiary/aromatic N) is 2. The minimum absolute atomic E-state index is 0.0828. The molecule has 1 heterocycles. The Morgan fingerprint density at radius 2 is 1.96 bits per heavy atom. The Labute approximate surface area is 154 Å². The van der Waals surface area contributed by atoms with Crippen molar-refractivity contribution >= 4 is 21.5 Å². The number of hydrogen-bond donors (Lipinski definition) is 1. The first-order valence-electron chi connectivity index (χ1n) is 8.52. The lowest BCUT2D eigenvalue weighted by Crippen LogP contribution is -2.37. The number of benzene rings is 2. The summed E-state index contributed by atoms with van der Waals surface area (Å²) in [7, 11) is -2.02. The first-order valence-corrected chi connectivity index (χ1v) is 9.96. The van der Waals surface area contributed by atoms with E-state index in [4.69, 9.17) is 4.74 Å². The van der Waals surface area contributed by atoms with Gasteiger partial charge in [0.1, 0.15) is 16.5 Å². The summed E-state index contributed by atoms with van der Waals surface area (Å²) >= 11 is 0. The molecule has 1 aliphatic heterocycles. The van der Waals surface area contributed by atoms with Gasteiger partial charge in [0, 0.05) is 6.04 Å². The number of likely N-dealkylation sites (N-methyl/N-ethyl adjacent to an activating group) is 1. The number of fused-ring (bicyclic) bond motifs is 1. The molecule has 7 heteroatoms.